The maximum Gasteiger partial charge on any atom is 0.358 e. The number of aromatic nitrogens is 3. The van der Waals surface area contributed by atoms with Gasteiger partial charge in [-0.1, -0.05) is 36.4 Å². The van der Waals surface area contributed by atoms with Crippen LogP contribution in [0.1, 0.15) is 24.3 Å². The maximum absolute atomic E-state index is 12.9. The fourth-order valence-electron chi connectivity index (χ4n) is 4.58. The Morgan fingerprint density at radius 3 is 2.31 bits per heavy atom. The van der Waals surface area contributed by atoms with E-state index in [0.29, 0.717) is 24.7 Å². The largest absolute Gasteiger partial charge is 0.481 e. The summed E-state index contributed by atoms with van der Waals surface area (Å²) in [6.45, 7) is 6.53. The predicted octanol–water partition coefficient (Wildman–Crippen LogP) is 4.23. The second kappa shape index (κ2) is 11.8. The molecular weight excluding hydrogens is 494 g/mol. The van der Waals surface area contributed by atoms with E-state index in [4.69, 9.17) is 9.47 Å². The van der Waals surface area contributed by atoms with E-state index in [1.54, 1.807) is 30.8 Å². The second-order valence-electron chi connectivity index (χ2n) is 9.17. The van der Waals surface area contributed by atoms with Crippen LogP contribution in [-0.2, 0) is 9.53 Å². The number of nitrogens with zero attached hydrogens (tertiary/aromatic N) is 5. The summed E-state index contributed by atoms with van der Waals surface area (Å²) in [6, 6.07) is 24.8. The number of anilines is 1. The molecule has 0 aliphatic carbocycles. The third kappa shape index (κ3) is 5.93. The minimum absolute atomic E-state index is 0.00552. The number of para-hydroxylation sites is 1. The number of amides is 1. The minimum atomic E-state index is -0.540. The molecule has 0 N–H and O–H groups in total. The van der Waals surface area contributed by atoms with Crippen molar-refractivity contribution in [3.05, 3.63) is 90.8 Å². The Morgan fingerprint density at radius 1 is 0.923 bits per heavy atom. The fourth-order valence-corrected chi connectivity index (χ4v) is 4.58. The molecule has 39 heavy (non-hydrogen) atoms. The van der Waals surface area contributed by atoms with Gasteiger partial charge in [0.25, 0.3) is 5.91 Å². The molecule has 9 heteroatoms. The van der Waals surface area contributed by atoms with Crippen molar-refractivity contribution in [1.29, 1.82) is 0 Å². The molecule has 1 unspecified atom stereocenters. The Morgan fingerprint density at radius 2 is 1.64 bits per heavy atom. The Kier molecular flexibility index (Phi) is 7.86. The number of carbonyl (C=O) groups excluding carboxylic acids is 2. The van der Waals surface area contributed by atoms with Gasteiger partial charge in [0.05, 0.1) is 12.3 Å². The Hall–Kier alpha value is -4.66. The van der Waals surface area contributed by atoms with Crippen LogP contribution in [0.2, 0.25) is 0 Å². The molecule has 4 aromatic rings. The third-order valence-corrected chi connectivity index (χ3v) is 6.58. The first-order chi connectivity index (χ1) is 19.0. The molecule has 1 fully saturated rings. The lowest BCUT2D eigenvalue weighted by Crippen LogP contribution is -2.52. The molecule has 5 rings (SSSR count). The Balaban J connectivity index is 1.26. The number of hydrogen-bond acceptors (Lipinski definition) is 7. The van der Waals surface area contributed by atoms with Crippen molar-refractivity contribution in [3.63, 3.8) is 0 Å². The smallest absolute Gasteiger partial charge is 0.358 e. The molecule has 1 aliphatic rings. The monoisotopic (exact) mass is 525 g/mol. The van der Waals surface area contributed by atoms with E-state index in [1.165, 1.54) is 0 Å². The zero-order valence-corrected chi connectivity index (χ0v) is 22.1. The summed E-state index contributed by atoms with van der Waals surface area (Å²) >= 11 is 0. The van der Waals surface area contributed by atoms with Gasteiger partial charge in [0.1, 0.15) is 5.75 Å². The lowest BCUT2D eigenvalue weighted by Gasteiger charge is -2.37. The van der Waals surface area contributed by atoms with Crippen molar-refractivity contribution in [3.8, 4) is 22.8 Å². The minimum Gasteiger partial charge on any atom is -0.481 e. The highest BCUT2D eigenvalue weighted by Gasteiger charge is 2.26. The number of benzene rings is 2. The zero-order chi connectivity index (χ0) is 27.2. The second-order valence-corrected chi connectivity index (χ2v) is 9.17. The van der Waals surface area contributed by atoms with Crippen LogP contribution in [0.3, 0.4) is 0 Å². The van der Waals surface area contributed by atoms with Gasteiger partial charge in [0, 0.05) is 43.6 Å². The molecule has 0 saturated carbocycles. The SMILES string of the molecule is CCOC(=O)c1cc(-c2ccc(N3CCN(C(=O)C(C)Oc4ccccc4)CC3)cc2)n(-c2ccccn2)n1. The van der Waals surface area contributed by atoms with Crippen molar-refractivity contribution in [1.82, 2.24) is 19.7 Å². The molecule has 1 atom stereocenters. The highest BCUT2D eigenvalue weighted by molar-refractivity contribution is 5.89. The van der Waals surface area contributed by atoms with Gasteiger partial charge < -0.3 is 19.3 Å². The summed E-state index contributed by atoms with van der Waals surface area (Å²) in [6.07, 6.45) is 1.15. The van der Waals surface area contributed by atoms with Crippen LogP contribution in [0.5, 0.6) is 5.75 Å². The third-order valence-electron chi connectivity index (χ3n) is 6.58. The topological polar surface area (TPSA) is 89.8 Å². The molecule has 2 aromatic heterocycles. The van der Waals surface area contributed by atoms with Crippen molar-refractivity contribution in [2.45, 2.75) is 20.0 Å². The van der Waals surface area contributed by atoms with Gasteiger partial charge in [-0.15, -0.1) is 0 Å². The summed E-state index contributed by atoms with van der Waals surface area (Å²) in [5, 5.41) is 4.47. The normalized spacial score (nSPS) is 14.1. The summed E-state index contributed by atoms with van der Waals surface area (Å²) < 4.78 is 12.6. The molecule has 3 heterocycles. The van der Waals surface area contributed by atoms with Gasteiger partial charge in [0.15, 0.2) is 17.6 Å². The molecule has 1 saturated heterocycles. The number of pyridine rings is 1. The van der Waals surface area contributed by atoms with Gasteiger partial charge in [-0.2, -0.15) is 5.10 Å². The molecule has 0 bridgehead atoms. The Labute approximate surface area is 227 Å². The summed E-state index contributed by atoms with van der Waals surface area (Å²) in [7, 11) is 0. The average Bonchev–Trinajstić information content (AvgIpc) is 3.44. The number of rotatable bonds is 8. The summed E-state index contributed by atoms with van der Waals surface area (Å²) in [5.74, 6) is 0.823. The molecule has 1 amide bonds. The number of hydrogen-bond donors (Lipinski definition) is 0. The Bertz CT molecular complexity index is 1400. The van der Waals surface area contributed by atoms with Crippen LogP contribution in [-0.4, -0.2) is 70.4 Å². The molecule has 2 aromatic carbocycles. The first-order valence-corrected chi connectivity index (χ1v) is 13.1. The van der Waals surface area contributed by atoms with E-state index in [-0.39, 0.29) is 18.2 Å². The predicted molar refractivity (Wildman–Crippen MR) is 148 cm³/mol. The molecule has 0 radical (unpaired) electrons. The van der Waals surface area contributed by atoms with Crippen LogP contribution >= 0.6 is 0 Å². The quantitative estimate of drug-likeness (QED) is 0.318. The van der Waals surface area contributed by atoms with Crippen LogP contribution in [0.4, 0.5) is 5.69 Å². The molecule has 0 spiro atoms. The van der Waals surface area contributed by atoms with Gasteiger partial charge >= 0.3 is 5.97 Å². The maximum atomic E-state index is 12.9. The fraction of sp³-hybridized carbons (Fsp3) is 0.267. The van der Waals surface area contributed by atoms with E-state index in [2.05, 4.69) is 15.0 Å². The van der Waals surface area contributed by atoms with Gasteiger partial charge in [-0.05, 0) is 56.3 Å². The van der Waals surface area contributed by atoms with Crippen LogP contribution in [0, 0.1) is 0 Å². The van der Waals surface area contributed by atoms with E-state index in [0.717, 1.165) is 30.0 Å². The molecule has 9 nitrogen and oxygen atoms in total. The first-order valence-electron chi connectivity index (χ1n) is 13.1. The number of piperazine rings is 1. The van der Waals surface area contributed by atoms with E-state index < -0.39 is 12.1 Å². The van der Waals surface area contributed by atoms with Crippen LogP contribution in [0.25, 0.3) is 17.1 Å². The lowest BCUT2D eigenvalue weighted by molar-refractivity contribution is -0.138. The van der Waals surface area contributed by atoms with Crippen LogP contribution < -0.4 is 9.64 Å². The lowest BCUT2D eigenvalue weighted by atomic mass is 10.1. The first kappa shape index (κ1) is 26.0. The van der Waals surface area contributed by atoms with Crippen LogP contribution in [0.15, 0.2) is 85.1 Å². The highest BCUT2D eigenvalue weighted by Crippen LogP contribution is 2.27. The van der Waals surface area contributed by atoms with Crippen molar-refractivity contribution < 1.29 is 19.1 Å². The summed E-state index contributed by atoms with van der Waals surface area (Å²) in [5.41, 5.74) is 2.93. The molecule has 1 aliphatic heterocycles. The number of esters is 1. The van der Waals surface area contributed by atoms with E-state index in [1.807, 2.05) is 77.7 Å². The van der Waals surface area contributed by atoms with Gasteiger partial charge in [0.2, 0.25) is 0 Å². The van der Waals surface area contributed by atoms with Gasteiger partial charge in [-0.25, -0.2) is 14.5 Å². The standard InChI is InChI=1S/C30H31N5O4/c1-3-38-30(37)26-21-27(35(32-26)28-11-7-8-16-31-28)23-12-14-24(15-13-23)33-17-19-34(20-18-33)29(36)22(2)39-25-9-5-4-6-10-25/h4-16,21-22H,3,17-20H2,1-2H3. The van der Waals surface area contributed by atoms with Crippen molar-refractivity contribution >= 4 is 17.6 Å². The highest BCUT2D eigenvalue weighted by atomic mass is 16.5. The molecular formula is C30H31N5O4. The average molecular weight is 526 g/mol. The number of ether oxygens (including phenoxy) is 2. The summed E-state index contributed by atoms with van der Waals surface area (Å²) in [4.78, 5) is 33.8. The van der Waals surface area contributed by atoms with Gasteiger partial charge in [-0.3, -0.25) is 4.79 Å². The zero-order valence-electron chi connectivity index (χ0n) is 22.1. The van der Waals surface area contributed by atoms with E-state index in [9.17, 15) is 9.59 Å². The van der Waals surface area contributed by atoms with E-state index >= 15 is 0 Å². The van der Waals surface area contributed by atoms with Crippen molar-refractivity contribution in [2.24, 2.45) is 0 Å². The molecule has 200 valence electrons. The van der Waals surface area contributed by atoms with Crippen molar-refractivity contribution in [2.75, 3.05) is 37.7 Å². The number of carbonyl (C=O) groups is 2.